The average Bonchev–Trinajstić information content (AvgIpc) is 3.17. The number of ketones is 1. The number of halogens is 1. The first-order valence-corrected chi connectivity index (χ1v) is 7.19. The Balaban J connectivity index is 1.69. The zero-order chi connectivity index (χ0) is 14.7. The number of hydrogen-bond donors (Lipinski definition) is 2. The number of carbonyl (C=O) groups excluding carboxylic acids is 1. The first-order chi connectivity index (χ1) is 10.2. The molecule has 21 heavy (non-hydrogen) atoms. The molecule has 2 heterocycles. The monoisotopic (exact) mass is 302 g/mol. The summed E-state index contributed by atoms with van der Waals surface area (Å²) in [6, 6.07) is 9.79. The van der Waals surface area contributed by atoms with E-state index < -0.39 is 0 Å². The highest BCUT2D eigenvalue weighted by Crippen LogP contribution is 2.21. The Morgan fingerprint density at radius 2 is 2.10 bits per heavy atom. The molecule has 2 aromatic heterocycles. The molecule has 0 aliphatic heterocycles. The molecule has 0 spiro atoms. The molecule has 3 aromatic rings. The molecule has 106 valence electrons. The van der Waals surface area contributed by atoms with Crippen molar-refractivity contribution in [2.45, 2.75) is 5.16 Å². The Morgan fingerprint density at radius 1 is 1.24 bits per heavy atom. The van der Waals surface area contributed by atoms with E-state index in [4.69, 9.17) is 0 Å². The van der Waals surface area contributed by atoms with Crippen LogP contribution >= 0.6 is 11.8 Å². The third-order valence-electron chi connectivity index (χ3n) is 2.82. The van der Waals surface area contributed by atoms with Gasteiger partial charge in [-0.3, -0.25) is 9.89 Å². The van der Waals surface area contributed by atoms with Gasteiger partial charge in [0.1, 0.15) is 5.82 Å². The highest BCUT2D eigenvalue weighted by atomic mass is 32.2. The normalized spacial score (nSPS) is 10.7. The van der Waals surface area contributed by atoms with Crippen LogP contribution in [0.1, 0.15) is 10.5 Å². The van der Waals surface area contributed by atoms with E-state index in [1.165, 1.54) is 17.8 Å². The van der Waals surface area contributed by atoms with Gasteiger partial charge in [-0.15, -0.1) is 5.10 Å². The Morgan fingerprint density at radius 3 is 2.86 bits per heavy atom. The maximum atomic E-state index is 13.6. The zero-order valence-corrected chi connectivity index (χ0v) is 11.7. The van der Waals surface area contributed by atoms with Crippen molar-refractivity contribution in [2.75, 3.05) is 5.75 Å². The molecule has 0 fully saturated rings. The van der Waals surface area contributed by atoms with Crippen LogP contribution in [0.25, 0.3) is 11.4 Å². The van der Waals surface area contributed by atoms with Crippen LogP contribution < -0.4 is 0 Å². The molecule has 0 saturated heterocycles. The second-order valence-electron chi connectivity index (χ2n) is 4.24. The summed E-state index contributed by atoms with van der Waals surface area (Å²) in [5.41, 5.74) is 0.903. The maximum Gasteiger partial charge on any atom is 0.209 e. The minimum atomic E-state index is -0.368. The molecular weight excluding hydrogens is 291 g/mol. The Hall–Kier alpha value is -2.41. The van der Waals surface area contributed by atoms with Gasteiger partial charge in [-0.1, -0.05) is 23.9 Å². The molecule has 5 nitrogen and oxygen atoms in total. The molecular formula is C14H11FN4OS. The second-order valence-corrected chi connectivity index (χ2v) is 5.18. The van der Waals surface area contributed by atoms with Gasteiger partial charge in [-0.05, 0) is 24.3 Å². The van der Waals surface area contributed by atoms with Gasteiger partial charge in [-0.25, -0.2) is 9.37 Å². The summed E-state index contributed by atoms with van der Waals surface area (Å²) < 4.78 is 13.6. The van der Waals surface area contributed by atoms with Crippen molar-refractivity contribution in [2.24, 2.45) is 0 Å². The zero-order valence-electron chi connectivity index (χ0n) is 10.8. The quantitative estimate of drug-likeness (QED) is 0.561. The van der Waals surface area contributed by atoms with Crippen LogP contribution in [0.15, 0.2) is 47.8 Å². The first kappa shape index (κ1) is 13.6. The topological polar surface area (TPSA) is 74.4 Å². The van der Waals surface area contributed by atoms with Crippen molar-refractivity contribution in [3.63, 3.8) is 0 Å². The van der Waals surface area contributed by atoms with Crippen LogP contribution in [0.2, 0.25) is 0 Å². The summed E-state index contributed by atoms with van der Waals surface area (Å²) in [5, 5.41) is 7.08. The second kappa shape index (κ2) is 5.92. The number of benzene rings is 1. The third-order valence-corrected chi connectivity index (χ3v) is 3.67. The van der Waals surface area contributed by atoms with Crippen molar-refractivity contribution in [1.82, 2.24) is 20.2 Å². The van der Waals surface area contributed by atoms with E-state index in [2.05, 4.69) is 20.2 Å². The first-order valence-electron chi connectivity index (χ1n) is 6.21. The number of rotatable bonds is 5. The minimum Gasteiger partial charge on any atom is -0.359 e. The summed E-state index contributed by atoms with van der Waals surface area (Å²) in [6.45, 7) is 0. The predicted octanol–water partition coefficient (Wildman–Crippen LogP) is 2.91. The summed E-state index contributed by atoms with van der Waals surface area (Å²) in [6.07, 6.45) is 1.70. The minimum absolute atomic E-state index is 0.0396. The molecule has 0 saturated carbocycles. The molecule has 0 unspecified atom stereocenters. The van der Waals surface area contributed by atoms with E-state index in [0.29, 0.717) is 22.2 Å². The SMILES string of the molecule is O=C(CSc1n[nH]c(-c2ccccc2F)n1)c1ccc[nH]1. The van der Waals surface area contributed by atoms with Crippen LogP contribution in [0.5, 0.6) is 0 Å². The van der Waals surface area contributed by atoms with E-state index >= 15 is 0 Å². The molecule has 0 atom stereocenters. The Bertz CT molecular complexity index is 754. The van der Waals surface area contributed by atoms with Gasteiger partial charge in [0.25, 0.3) is 0 Å². The van der Waals surface area contributed by atoms with Gasteiger partial charge in [0.15, 0.2) is 11.6 Å². The van der Waals surface area contributed by atoms with Crippen molar-refractivity contribution in [3.8, 4) is 11.4 Å². The molecule has 0 aliphatic rings. The smallest absolute Gasteiger partial charge is 0.209 e. The highest BCUT2D eigenvalue weighted by Gasteiger charge is 2.12. The fourth-order valence-electron chi connectivity index (χ4n) is 1.80. The van der Waals surface area contributed by atoms with E-state index in [0.717, 1.165) is 0 Å². The van der Waals surface area contributed by atoms with Gasteiger partial charge in [0.2, 0.25) is 5.16 Å². The Kier molecular flexibility index (Phi) is 3.83. The number of Topliss-reactive ketones (excluding diaryl/α,β-unsaturated/α-hetero) is 1. The number of nitrogens with zero attached hydrogens (tertiary/aromatic N) is 2. The number of nitrogens with one attached hydrogen (secondary N) is 2. The molecule has 3 rings (SSSR count). The van der Waals surface area contributed by atoms with E-state index in [-0.39, 0.29) is 17.4 Å². The van der Waals surface area contributed by atoms with Crippen molar-refractivity contribution < 1.29 is 9.18 Å². The van der Waals surface area contributed by atoms with Crippen LogP contribution in [0.4, 0.5) is 4.39 Å². The van der Waals surface area contributed by atoms with Gasteiger partial charge < -0.3 is 4.98 Å². The molecule has 2 N–H and O–H groups in total. The summed E-state index contributed by atoms with van der Waals surface area (Å²) in [4.78, 5) is 18.9. The van der Waals surface area contributed by atoms with Crippen molar-refractivity contribution in [1.29, 1.82) is 0 Å². The number of aromatic amines is 2. The van der Waals surface area contributed by atoms with Crippen LogP contribution in [-0.4, -0.2) is 31.7 Å². The number of thioether (sulfide) groups is 1. The standard InChI is InChI=1S/C14H11FN4OS/c15-10-5-2-1-4-9(10)13-17-14(19-18-13)21-8-12(20)11-6-3-7-16-11/h1-7,16H,8H2,(H,17,18,19). The Labute approximate surface area is 124 Å². The fourth-order valence-corrected chi connectivity index (χ4v) is 2.48. The van der Waals surface area contributed by atoms with Crippen LogP contribution in [0.3, 0.4) is 0 Å². The summed E-state index contributed by atoms with van der Waals surface area (Å²) >= 11 is 1.20. The van der Waals surface area contributed by atoms with Crippen LogP contribution in [0, 0.1) is 5.82 Å². The lowest BCUT2D eigenvalue weighted by atomic mass is 10.2. The predicted molar refractivity (Wildman–Crippen MR) is 77.6 cm³/mol. The number of aromatic nitrogens is 4. The number of H-pyrrole nitrogens is 2. The molecule has 1 aromatic carbocycles. The van der Waals surface area contributed by atoms with Gasteiger partial charge in [-0.2, -0.15) is 0 Å². The molecule has 0 radical (unpaired) electrons. The van der Waals surface area contributed by atoms with E-state index in [1.807, 2.05) is 0 Å². The van der Waals surface area contributed by atoms with Crippen molar-refractivity contribution in [3.05, 3.63) is 54.1 Å². The van der Waals surface area contributed by atoms with E-state index in [9.17, 15) is 9.18 Å². The van der Waals surface area contributed by atoms with E-state index in [1.54, 1.807) is 36.5 Å². The lowest BCUT2D eigenvalue weighted by Crippen LogP contribution is -2.02. The maximum absolute atomic E-state index is 13.6. The summed E-state index contributed by atoms with van der Waals surface area (Å²) in [5.74, 6) is 0.160. The molecule has 0 amide bonds. The largest absolute Gasteiger partial charge is 0.359 e. The average molecular weight is 302 g/mol. The molecule has 7 heteroatoms. The van der Waals surface area contributed by atoms with Crippen LogP contribution in [-0.2, 0) is 0 Å². The molecule has 0 aliphatic carbocycles. The molecule has 0 bridgehead atoms. The van der Waals surface area contributed by atoms with Gasteiger partial charge in [0.05, 0.1) is 17.0 Å². The lowest BCUT2D eigenvalue weighted by molar-refractivity contribution is 0.101. The lowest BCUT2D eigenvalue weighted by Gasteiger charge is -1.97. The summed E-state index contributed by atoms with van der Waals surface area (Å²) in [7, 11) is 0. The number of carbonyl (C=O) groups is 1. The third kappa shape index (κ3) is 3.03. The van der Waals surface area contributed by atoms with Gasteiger partial charge in [0, 0.05) is 6.20 Å². The van der Waals surface area contributed by atoms with Crippen molar-refractivity contribution >= 4 is 17.5 Å². The fraction of sp³-hybridized carbons (Fsp3) is 0.0714. The number of hydrogen-bond acceptors (Lipinski definition) is 4. The van der Waals surface area contributed by atoms with Gasteiger partial charge >= 0.3 is 0 Å². The highest BCUT2D eigenvalue weighted by molar-refractivity contribution is 7.99.